The van der Waals surface area contributed by atoms with Gasteiger partial charge in [0.15, 0.2) is 0 Å². The van der Waals surface area contributed by atoms with E-state index in [1.54, 1.807) is 0 Å². The quantitative estimate of drug-likeness (QED) is 0.676. The van der Waals surface area contributed by atoms with Crippen LogP contribution in [0.3, 0.4) is 0 Å². The summed E-state index contributed by atoms with van der Waals surface area (Å²) in [4.78, 5) is 0. The van der Waals surface area contributed by atoms with Gasteiger partial charge in [-0.05, 0) is 28.2 Å². The Balaban J connectivity index is 2.66. The topological polar surface area (TPSA) is 0 Å². The lowest BCUT2D eigenvalue weighted by molar-refractivity contribution is 0.866. The average molecular weight is 222 g/mol. The van der Waals surface area contributed by atoms with E-state index in [0.717, 1.165) is 0 Å². The fourth-order valence-electron chi connectivity index (χ4n) is 2.27. The molecule has 0 aliphatic rings. The van der Waals surface area contributed by atoms with Crippen LogP contribution in [0.1, 0.15) is 30.9 Å². The maximum Gasteiger partial charge on any atom is -0.0143 e. The van der Waals surface area contributed by atoms with E-state index in [-0.39, 0.29) is 0 Å². The minimum absolute atomic E-state index is 0.499. The average Bonchev–Trinajstić information content (AvgIpc) is 2.38. The van der Waals surface area contributed by atoms with Gasteiger partial charge in [0.05, 0.1) is 0 Å². The van der Waals surface area contributed by atoms with Crippen LogP contribution in [0, 0.1) is 0 Å². The largest absolute Gasteiger partial charge is 0.0985 e. The lowest BCUT2D eigenvalue weighted by Gasteiger charge is -2.16. The molecule has 0 aliphatic heterocycles. The van der Waals surface area contributed by atoms with Gasteiger partial charge in [0, 0.05) is 0 Å². The monoisotopic (exact) mass is 222 g/mol. The summed E-state index contributed by atoms with van der Waals surface area (Å²) in [6.45, 7) is 8.37. The van der Waals surface area contributed by atoms with E-state index >= 15 is 0 Å². The third-order valence-electron chi connectivity index (χ3n) is 3.02. The van der Waals surface area contributed by atoms with E-state index in [0.29, 0.717) is 5.92 Å². The van der Waals surface area contributed by atoms with Crippen molar-refractivity contribution >= 4 is 6.08 Å². The SMILES string of the molecule is C=Cc1cccc(-c2ccccc2)c1C(C)C. The molecule has 0 nitrogen and oxygen atoms in total. The summed E-state index contributed by atoms with van der Waals surface area (Å²) in [6, 6.07) is 17.0. The molecule has 0 saturated heterocycles. The zero-order valence-electron chi connectivity index (χ0n) is 10.5. The van der Waals surface area contributed by atoms with E-state index in [2.05, 4.69) is 69.0 Å². The summed E-state index contributed by atoms with van der Waals surface area (Å²) in [5.41, 5.74) is 5.22. The van der Waals surface area contributed by atoms with Crippen molar-refractivity contribution in [1.29, 1.82) is 0 Å². The van der Waals surface area contributed by atoms with Crippen LogP contribution in [0.2, 0.25) is 0 Å². The molecule has 0 unspecified atom stereocenters. The molecule has 0 spiro atoms. The van der Waals surface area contributed by atoms with E-state index in [9.17, 15) is 0 Å². The highest BCUT2D eigenvalue weighted by atomic mass is 14.1. The van der Waals surface area contributed by atoms with E-state index in [4.69, 9.17) is 0 Å². The van der Waals surface area contributed by atoms with Crippen molar-refractivity contribution in [3.05, 3.63) is 66.2 Å². The molecule has 0 heteroatoms. The first-order valence-corrected chi connectivity index (χ1v) is 6.04. The summed E-state index contributed by atoms with van der Waals surface area (Å²) >= 11 is 0. The molecule has 0 atom stereocenters. The first-order valence-electron chi connectivity index (χ1n) is 6.04. The Hall–Kier alpha value is -1.82. The van der Waals surface area contributed by atoms with Crippen molar-refractivity contribution in [2.75, 3.05) is 0 Å². The van der Waals surface area contributed by atoms with E-state index in [1.807, 2.05) is 6.08 Å². The fraction of sp³-hybridized carbons (Fsp3) is 0.176. The molecule has 0 aliphatic carbocycles. The van der Waals surface area contributed by atoms with Crippen LogP contribution in [-0.2, 0) is 0 Å². The van der Waals surface area contributed by atoms with Crippen molar-refractivity contribution in [1.82, 2.24) is 0 Å². The van der Waals surface area contributed by atoms with Gasteiger partial charge >= 0.3 is 0 Å². The molecule has 0 heterocycles. The molecular weight excluding hydrogens is 204 g/mol. The molecule has 0 N–H and O–H groups in total. The second-order valence-corrected chi connectivity index (χ2v) is 4.53. The highest BCUT2D eigenvalue weighted by Gasteiger charge is 2.11. The fourth-order valence-corrected chi connectivity index (χ4v) is 2.27. The lowest BCUT2D eigenvalue weighted by Crippen LogP contribution is -1.96. The first kappa shape index (κ1) is 11.7. The van der Waals surface area contributed by atoms with Crippen LogP contribution >= 0.6 is 0 Å². The van der Waals surface area contributed by atoms with Gasteiger partial charge in [0.1, 0.15) is 0 Å². The zero-order valence-corrected chi connectivity index (χ0v) is 10.5. The van der Waals surface area contributed by atoms with Crippen LogP contribution in [0.5, 0.6) is 0 Å². The summed E-state index contributed by atoms with van der Waals surface area (Å²) in [6.07, 6.45) is 1.95. The van der Waals surface area contributed by atoms with Gasteiger partial charge in [0.25, 0.3) is 0 Å². The Kier molecular flexibility index (Phi) is 3.43. The second kappa shape index (κ2) is 5.01. The molecule has 2 rings (SSSR count). The standard InChI is InChI=1S/C17H18/c1-4-14-11-8-12-16(17(14)13(2)3)15-9-6-5-7-10-15/h4-13H,1H2,2-3H3. The van der Waals surface area contributed by atoms with Crippen molar-refractivity contribution in [3.8, 4) is 11.1 Å². The Bertz CT molecular complexity index is 507. The van der Waals surface area contributed by atoms with Gasteiger partial charge in [-0.15, -0.1) is 0 Å². The summed E-state index contributed by atoms with van der Waals surface area (Å²) in [7, 11) is 0. The Morgan fingerprint density at radius 3 is 2.24 bits per heavy atom. The van der Waals surface area contributed by atoms with Gasteiger partial charge < -0.3 is 0 Å². The second-order valence-electron chi connectivity index (χ2n) is 4.53. The molecule has 0 aromatic heterocycles. The summed E-state index contributed by atoms with van der Waals surface area (Å²) in [5.74, 6) is 0.499. The predicted octanol–water partition coefficient (Wildman–Crippen LogP) is 5.12. The third kappa shape index (κ3) is 2.31. The van der Waals surface area contributed by atoms with Crippen LogP contribution < -0.4 is 0 Å². The number of benzene rings is 2. The highest BCUT2D eigenvalue weighted by molar-refractivity contribution is 5.73. The van der Waals surface area contributed by atoms with Crippen molar-refractivity contribution < 1.29 is 0 Å². The van der Waals surface area contributed by atoms with E-state index in [1.165, 1.54) is 22.3 Å². The highest BCUT2D eigenvalue weighted by Crippen LogP contribution is 2.32. The molecule has 0 radical (unpaired) electrons. The van der Waals surface area contributed by atoms with Crippen molar-refractivity contribution in [2.24, 2.45) is 0 Å². The van der Waals surface area contributed by atoms with Crippen LogP contribution in [-0.4, -0.2) is 0 Å². The van der Waals surface area contributed by atoms with Crippen molar-refractivity contribution in [2.45, 2.75) is 19.8 Å². The molecule has 17 heavy (non-hydrogen) atoms. The zero-order chi connectivity index (χ0) is 12.3. The van der Waals surface area contributed by atoms with Crippen LogP contribution in [0.4, 0.5) is 0 Å². The molecular formula is C17H18. The van der Waals surface area contributed by atoms with Gasteiger partial charge in [0.2, 0.25) is 0 Å². The van der Waals surface area contributed by atoms with Gasteiger partial charge in [-0.1, -0.05) is 75.0 Å². The molecule has 86 valence electrons. The Morgan fingerprint density at radius 2 is 1.65 bits per heavy atom. The Labute approximate surface area is 104 Å². The normalized spacial score (nSPS) is 10.5. The van der Waals surface area contributed by atoms with Crippen LogP contribution in [0.25, 0.3) is 17.2 Å². The minimum atomic E-state index is 0.499. The van der Waals surface area contributed by atoms with Crippen molar-refractivity contribution in [3.63, 3.8) is 0 Å². The molecule has 0 amide bonds. The predicted molar refractivity (Wildman–Crippen MR) is 76.1 cm³/mol. The number of hydrogen-bond acceptors (Lipinski definition) is 0. The third-order valence-corrected chi connectivity index (χ3v) is 3.02. The van der Waals surface area contributed by atoms with E-state index < -0.39 is 0 Å². The maximum absolute atomic E-state index is 3.91. The molecule has 0 bridgehead atoms. The summed E-state index contributed by atoms with van der Waals surface area (Å²) in [5, 5.41) is 0. The van der Waals surface area contributed by atoms with Gasteiger partial charge in [-0.25, -0.2) is 0 Å². The first-order chi connectivity index (χ1) is 8.24. The maximum atomic E-state index is 3.91. The molecule has 2 aromatic carbocycles. The van der Waals surface area contributed by atoms with Crippen LogP contribution in [0.15, 0.2) is 55.1 Å². The Morgan fingerprint density at radius 1 is 0.941 bits per heavy atom. The molecule has 2 aromatic rings. The molecule has 0 saturated carbocycles. The van der Waals surface area contributed by atoms with Gasteiger partial charge in [-0.3, -0.25) is 0 Å². The van der Waals surface area contributed by atoms with Gasteiger partial charge in [-0.2, -0.15) is 0 Å². The molecule has 0 fully saturated rings. The smallest absolute Gasteiger partial charge is 0.0143 e. The number of hydrogen-bond donors (Lipinski definition) is 0. The summed E-state index contributed by atoms with van der Waals surface area (Å²) < 4.78 is 0. The number of rotatable bonds is 3. The minimum Gasteiger partial charge on any atom is -0.0985 e. The lowest BCUT2D eigenvalue weighted by atomic mass is 9.88.